The Bertz CT molecular complexity index is 426. The molecule has 1 amide bonds. The third kappa shape index (κ3) is 5.42. The molecular formula is C14H19NO4. The molecular weight excluding hydrogens is 246 g/mol. The van der Waals surface area contributed by atoms with Crippen molar-refractivity contribution in [3.8, 4) is 5.75 Å². The molecule has 19 heavy (non-hydrogen) atoms. The largest absolute Gasteiger partial charge is 0.493 e. The highest BCUT2D eigenvalue weighted by atomic mass is 16.5. The fourth-order valence-electron chi connectivity index (χ4n) is 1.46. The Labute approximate surface area is 112 Å². The Morgan fingerprint density at radius 2 is 1.84 bits per heavy atom. The van der Waals surface area contributed by atoms with E-state index >= 15 is 0 Å². The van der Waals surface area contributed by atoms with Crippen molar-refractivity contribution in [1.29, 1.82) is 0 Å². The molecule has 0 fully saturated rings. The molecule has 0 aliphatic carbocycles. The topological polar surface area (TPSA) is 64.6 Å². The van der Waals surface area contributed by atoms with Crippen LogP contribution in [0.25, 0.3) is 0 Å². The van der Waals surface area contributed by atoms with E-state index in [0.29, 0.717) is 24.3 Å². The Morgan fingerprint density at radius 3 is 2.37 bits per heavy atom. The molecule has 1 aromatic carbocycles. The molecule has 1 aromatic rings. The van der Waals surface area contributed by atoms with Crippen molar-refractivity contribution < 1.29 is 19.1 Å². The molecule has 0 aliphatic rings. The highest BCUT2D eigenvalue weighted by molar-refractivity contribution is 5.89. The highest BCUT2D eigenvalue weighted by Gasteiger charge is 2.06. The third-order valence-electron chi connectivity index (χ3n) is 2.32. The van der Waals surface area contributed by atoms with Crippen LogP contribution in [0.15, 0.2) is 24.3 Å². The summed E-state index contributed by atoms with van der Waals surface area (Å²) in [7, 11) is 1.33. The van der Waals surface area contributed by atoms with Gasteiger partial charge in [0.1, 0.15) is 5.75 Å². The number of esters is 1. The van der Waals surface area contributed by atoms with E-state index in [1.54, 1.807) is 24.3 Å². The third-order valence-corrected chi connectivity index (χ3v) is 2.32. The SMILES string of the molecule is COC(=O)c1ccc(OCCC(=O)NC(C)C)cc1. The second kappa shape index (κ2) is 7.41. The number of amides is 1. The van der Waals surface area contributed by atoms with Gasteiger partial charge in [0, 0.05) is 6.04 Å². The first-order valence-electron chi connectivity index (χ1n) is 6.13. The molecule has 5 heteroatoms. The number of rotatable bonds is 6. The molecule has 0 aliphatic heterocycles. The second-order valence-electron chi connectivity index (χ2n) is 4.34. The number of methoxy groups -OCH3 is 1. The number of hydrogen-bond donors (Lipinski definition) is 1. The second-order valence-corrected chi connectivity index (χ2v) is 4.34. The summed E-state index contributed by atoms with van der Waals surface area (Å²) in [6.45, 7) is 4.12. The van der Waals surface area contributed by atoms with Gasteiger partial charge in [-0.25, -0.2) is 4.79 Å². The van der Waals surface area contributed by atoms with E-state index in [1.807, 2.05) is 13.8 Å². The van der Waals surface area contributed by atoms with Crippen LogP contribution in [-0.4, -0.2) is 31.6 Å². The van der Waals surface area contributed by atoms with Gasteiger partial charge in [-0.2, -0.15) is 0 Å². The van der Waals surface area contributed by atoms with Crippen molar-refractivity contribution >= 4 is 11.9 Å². The molecule has 0 aromatic heterocycles. The van der Waals surface area contributed by atoms with Crippen molar-refractivity contribution in [3.05, 3.63) is 29.8 Å². The average Bonchev–Trinajstić information content (AvgIpc) is 2.37. The van der Waals surface area contributed by atoms with E-state index in [-0.39, 0.29) is 17.9 Å². The van der Waals surface area contributed by atoms with Crippen LogP contribution in [-0.2, 0) is 9.53 Å². The van der Waals surface area contributed by atoms with Crippen LogP contribution in [0.5, 0.6) is 5.75 Å². The van der Waals surface area contributed by atoms with E-state index in [9.17, 15) is 9.59 Å². The van der Waals surface area contributed by atoms with Gasteiger partial charge >= 0.3 is 5.97 Å². The van der Waals surface area contributed by atoms with Crippen LogP contribution in [0.1, 0.15) is 30.6 Å². The minimum absolute atomic E-state index is 0.0406. The zero-order valence-electron chi connectivity index (χ0n) is 11.4. The van der Waals surface area contributed by atoms with Gasteiger partial charge in [0.2, 0.25) is 5.91 Å². The van der Waals surface area contributed by atoms with Crippen LogP contribution < -0.4 is 10.1 Å². The summed E-state index contributed by atoms with van der Waals surface area (Å²) < 4.78 is 10.0. The molecule has 0 spiro atoms. The smallest absolute Gasteiger partial charge is 0.337 e. The number of benzene rings is 1. The zero-order chi connectivity index (χ0) is 14.3. The predicted octanol–water partition coefficient (Wildman–Crippen LogP) is 1.77. The van der Waals surface area contributed by atoms with Gasteiger partial charge in [0.25, 0.3) is 0 Å². The predicted molar refractivity (Wildman–Crippen MR) is 71.2 cm³/mol. The standard InChI is InChI=1S/C14H19NO4/c1-10(2)15-13(16)8-9-19-12-6-4-11(5-7-12)14(17)18-3/h4-7,10H,8-9H2,1-3H3,(H,15,16). The lowest BCUT2D eigenvalue weighted by Gasteiger charge is -2.09. The van der Waals surface area contributed by atoms with Crippen molar-refractivity contribution in [2.24, 2.45) is 0 Å². The maximum absolute atomic E-state index is 11.4. The molecule has 0 heterocycles. The number of hydrogen-bond acceptors (Lipinski definition) is 4. The first-order valence-corrected chi connectivity index (χ1v) is 6.13. The van der Waals surface area contributed by atoms with Crippen LogP contribution in [0.2, 0.25) is 0 Å². The van der Waals surface area contributed by atoms with Crippen molar-refractivity contribution in [2.75, 3.05) is 13.7 Å². The Morgan fingerprint density at radius 1 is 1.21 bits per heavy atom. The number of carbonyl (C=O) groups excluding carboxylic acids is 2. The van der Waals surface area contributed by atoms with Crippen LogP contribution in [0.4, 0.5) is 0 Å². The summed E-state index contributed by atoms with van der Waals surface area (Å²) in [4.78, 5) is 22.6. The van der Waals surface area contributed by atoms with Gasteiger partial charge in [-0.15, -0.1) is 0 Å². The fourth-order valence-corrected chi connectivity index (χ4v) is 1.46. The van der Waals surface area contributed by atoms with Gasteiger partial charge in [-0.3, -0.25) is 4.79 Å². The first-order chi connectivity index (χ1) is 9.02. The normalized spacial score (nSPS) is 10.1. The maximum Gasteiger partial charge on any atom is 0.337 e. The summed E-state index contributed by atoms with van der Waals surface area (Å²) in [5.41, 5.74) is 0.465. The molecule has 0 atom stereocenters. The maximum atomic E-state index is 11.4. The molecule has 104 valence electrons. The average molecular weight is 265 g/mol. The number of ether oxygens (including phenoxy) is 2. The fraction of sp³-hybridized carbons (Fsp3) is 0.429. The highest BCUT2D eigenvalue weighted by Crippen LogP contribution is 2.13. The van der Waals surface area contributed by atoms with E-state index in [2.05, 4.69) is 10.1 Å². The quantitative estimate of drug-likeness (QED) is 0.796. The van der Waals surface area contributed by atoms with Gasteiger partial charge in [0.15, 0.2) is 0 Å². The molecule has 1 rings (SSSR count). The van der Waals surface area contributed by atoms with E-state index in [0.717, 1.165) is 0 Å². The van der Waals surface area contributed by atoms with Gasteiger partial charge in [-0.1, -0.05) is 0 Å². The van der Waals surface area contributed by atoms with E-state index in [1.165, 1.54) is 7.11 Å². The molecule has 0 saturated carbocycles. The lowest BCUT2D eigenvalue weighted by Crippen LogP contribution is -2.31. The molecule has 0 unspecified atom stereocenters. The van der Waals surface area contributed by atoms with Crippen molar-refractivity contribution in [1.82, 2.24) is 5.32 Å². The Kier molecular flexibility index (Phi) is 5.85. The van der Waals surface area contributed by atoms with Crippen molar-refractivity contribution in [2.45, 2.75) is 26.3 Å². The zero-order valence-corrected chi connectivity index (χ0v) is 11.4. The van der Waals surface area contributed by atoms with Crippen LogP contribution in [0, 0.1) is 0 Å². The van der Waals surface area contributed by atoms with Crippen molar-refractivity contribution in [3.63, 3.8) is 0 Å². The lowest BCUT2D eigenvalue weighted by atomic mass is 10.2. The molecule has 0 radical (unpaired) electrons. The van der Waals surface area contributed by atoms with Crippen LogP contribution in [0.3, 0.4) is 0 Å². The molecule has 5 nitrogen and oxygen atoms in total. The van der Waals surface area contributed by atoms with Crippen LogP contribution >= 0.6 is 0 Å². The van der Waals surface area contributed by atoms with E-state index in [4.69, 9.17) is 4.74 Å². The van der Waals surface area contributed by atoms with Gasteiger partial charge in [0.05, 0.1) is 25.7 Å². The summed E-state index contributed by atoms with van der Waals surface area (Å²) >= 11 is 0. The number of nitrogens with one attached hydrogen (secondary N) is 1. The lowest BCUT2D eigenvalue weighted by molar-refractivity contribution is -0.122. The van der Waals surface area contributed by atoms with Gasteiger partial charge in [-0.05, 0) is 38.1 Å². The minimum Gasteiger partial charge on any atom is -0.493 e. The number of carbonyl (C=O) groups is 2. The van der Waals surface area contributed by atoms with E-state index < -0.39 is 0 Å². The summed E-state index contributed by atoms with van der Waals surface area (Å²) in [5.74, 6) is 0.189. The molecule has 0 saturated heterocycles. The Hall–Kier alpha value is -2.04. The molecule has 1 N–H and O–H groups in total. The minimum atomic E-state index is -0.386. The van der Waals surface area contributed by atoms with Gasteiger partial charge < -0.3 is 14.8 Å². The first kappa shape index (κ1) is 15.0. The summed E-state index contributed by atoms with van der Waals surface area (Å²) in [5, 5.41) is 2.78. The summed E-state index contributed by atoms with van der Waals surface area (Å²) in [6, 6.07) is 6.72. The Balaban J connectivity index is 2.38. The summed E-state index contributed by atoms with van der Waals surface area (Å²) in [6.07, 6.45) is 0.303. The molecule has 0 bridgehead atoms. The monoisotopic (exact) mass is 265 g/mol.